The van der Waals surface area contributed by atoms with Crippen LogP contribution in [0.2, 0.25) is 104 Å². The summed E-state index contributed by atoms with van der Waals surface area (Å²) in [5.74, 6) is 42.0. The Morgan fingerprint density at radius 3 is 0.192 bits per heavy atom. The van der Waals surface area contributed by atoms with Crippen LogP contribution in [0.4, 0.5) is 0 Å². The maximum absolute atomic E-state index is 2.33. The molecule has 0 aliphatic carbocycles. The molecule has 0 rings (SSSR count). The van der Waals surface area contributed by atoms with E-state index < -0.39 is 0 Å². The second-order valence-corrected chi connectivity index (χ2v) is 46.8. The van der Waals surface area contributed by atoms with Gasteiger partial charge in [-0.05, 0) is 0 Å². The molecule has 0 aliphatic heterocycles. The van der Waals surface area contributed by atoms with Crippen molar-refractivity contribution in [3.8, 4) is 0 Å². The molecule has 0 aliphatic rings. The average molecular weight is 950 g/mol. The first-order valence-electron chi connectivity index (χ1n) is 9.00. The van der Waals surface area contributed by atoms with E-state index >= 15 is 0 Å². The van der Waals surface area contributed by atoms with Gasteiger partial charge in [-0.15, -0.1) is 0 Å². The van der Waals surface area contributed by atoms with Gasteiger partial charge in [-0.2, -0.15) is 0 Å². The molecule has 0 N–H and O–H groups in total. The number of rotatable bonds is 0. The van der Waals surface area contributed by atoms with E-state index in [9.17, 15) is 0 Å². The van der Waals surface area contributed by atoms with Gasteiger partial charge in [-0.25, -0.2) is 0 Å². The van der Waals surface area contributed by atoms with Crippen molar-refractivity contribution in [2.75, 3.05) is 0 Å². The van der Waals surface area contributed by atoms with E-state index in [-0.39, 0.29) is 135 Å². The van der Waals surface area contributed by atoms with Gasteiger partial charge in [-0.3, -0.25) is 0 Å². The van der Waals surface area contributed by atoms with Crippen molar-refractivity contribution in [3.63, 3.8) is 0 Å². The first-order valence-corrected chi connectivity index (χ1v) is 46.8. The molecule has 0 unspecified atom stereocenters. The summed E-state index contributed by atoms with van der Waals surface area (Å²) in [4.78, 5) is 0. The molecular weight excluding hydrogens is 895 g/mol. The summed E-state index contributed by atoms with van der Waals surface area (Å²) < 4.78 is 0. The first kappa shape index (κ1) is 52.7. The Kier molecular flexibility index (Phi) is 96.5. The molecule has 0 aromatic carbocycles. The molecule has 0 atom stereocenters. The van der Waals surface area contributed by atoms with Gasteiger partial charge in [0.05, 0.1) is 0 Å². The predicted octanol–water partition coefficient (Wildman–Crippen LogP) is 7.46. The van der Waals surface area contributed by atoms with Gasteiger partial charge in [0.1, 0.15) is 0 Å². The third-order valence-corrected chi connectivity index (χ3v) is 0. The van der Waals surface area contributed by atoms with Crippen molar-refractivity contribution in [1.29, 1.82) is 0 Å². The molecule has 0 aromatic heterocycles. The molecule has 8 heteroatoms. The van der Waals surface area contributed by atoms with Crippen LogP contribution in [0.25, 0.3) is 0 Å². The fraction of sp³-hybridized carbons (Fsp3) is 1.00. The van der Waals surface area contributed by atoms with Crippen LogP contribution in [0.5, 0.6) is 0 Å². The van der Waals surface area contributed by atoms with Crippen LogP contribution >= 0.6 is 0 Å². The van der Waals surface area contributed by atoms with Gasteiger partial charge in [-0.1, -0.05) is 0 Å². The molecular formula is C18H54Ge6Sb2. The summed E-state index contributed by atoms with van der Waals surface area (Å²) in [5.41, 5.74) is 0. The molecule has 12 radical (unpaired) electrons. The molecule has 0 spiro atoms. The van der Waals surface area contributed by atoms with E-state index in [4.69, 9.17) is 0 Å². The maximum atomic E-state index is 2.33. The Bertz CT molecular complexity index is 105. The van der Waals surface area contributed by atoms with Gasteiger partial charge in [0.15, 0.2) is 0 Å². The molecule has 0 saturated heterocycles. The fourth-order valence-electron chi connectivity index (χ4n) is 0. The van der Waals surface area contributed by atoms with Gasteiger partial charge < -0.3 is 0 Å². The minimum atomic E-state index is -0.333. The molecule has 0 amide bonds. The van der Waals surface area contributed by atoms with Crippen LogP contribution in [0.15, 0.2) is 0 Å². The van der Waals surface area contributed by atoms with Crippen molar-refractivity contribution >= 4 is 135 Å². The Morgan fingerprint density at radius 1 is 0.192 bits per heavy atom. The Hall–Kier alpha value is 4.89. The summed E-state index contributed by atoms with van der Waals surface area (Å²) >= 11 is -2.00. The second-order valence-electron chi connectivity index (χ2n) is 9.00. The van der Waals surface area contributed by atoms with Crippen molar-refractivity contribution in [3.05, 3.63) is 0 Å². The first-order chi connectivity index (χ1) is 10.4. The molecule has 26 heavy (non-hydrogen) atoms. The van der Waals surface area contributed by atoms with Gasteiger partial charge in [0.25, 0.3) is 0 Å². The monoisotopic (exact) mass is 956 g/mol. The quantitative estimate of drug-likeness (QED) is 0.222. The van der Waals surface area contributed by atoms with Gasteiger partial charge in [0.2, 0.25) is 0 Å². The Balaban J connectivity index is -0.0000000245. The van der Waals surface area contributed by atoms with E-state index in [0.717, 1.165) is 0 Å². The van der Waals surface area contributed by atoms with E-state index in [0.29, 0.717) is 0 Å². The zero-order chi connectivity index (χ0) is 21.5. The zero-order valence-electron chi connectivity index (χ0n) is 21.9. The smallest absolute Gasteiger partial charge is 0 e. The van der Waals surface area contributed by atoms with Crippen molar-refractivity contribution in [2.24, 2.45) is 0 Å². The Morgan fingerprint density at radius 2 is 0.192 bits per heavy atom. The minimum Gasteiger partial charge on any atom is 0 e. The normalized spacial score (nSPS) is 8.31. The maximum Gasteiger partial charge on any atom is 0 e. The van der Waals surface area contributed by atoms with Crippen LogP contribution in [0.1, 0.15) is 0 Å². The topological polar surface area (TPSA) is 0 Å². The van der Waals surface area contributed by atoms with E-state index in [1.54, 1.807) is 0 Å². The molecule has 0 bridgehead atoms. The summed E-state index contributed by atoms with van der Waals surface area (Å²) in [6.07, 6.45) is 0. The minimum absolute atomic E-state index is 0. The van der Waals surface area contributed by atoms with E-state index in [1.165, 1.54) is 0 Å². The summed E-state index contributed by atoms with van der Waals surface area (Å²) in [6.45, 7) is 0. The SMILES string of the molecule is [CH3][Ge]([CH3])[CH3].[CH3][Ge]([CH3])[CH3].[CH3][Ge]([CH3])[CH3].[CH3][Ge]([CH3])[CH3].[CH3][Ge]([CH3])[CH3].[CH3][Ge]([CH3])[CH3].[Sb].[Sb]. The number of hydrogen-bond donors (Lipinski definition) is 0. The third-order valence-electron chi connectivity index (χ3n) is 0. The Labute approximate surface area is 234 Å². The van der Waals surface area contributed by atoms with E-state index in [1.807, 2.05) is 0 Å². The van der Waals surface area contributed by atoms with Crippen LogP contribution in [0.3, 0.4) is 0 Å². The molecule has 0 aromatic rings. The van der Waals surface area contributed by atoms with Crippen LogP contribution in [0, 0.1) is 0 Å². The van der Waals surface area contributed by atoms with Gasteiger partial charge >= 0.3 is 190 Å². The van der Waals surface area contributed by atoms with Crippen LogP contribution in [-0.4, -0.2) is 135 Å². The number of hydrogen-bond acceptors (Lipinski definition) is 0. The second kappa shape index (κ2) is 47.6. The molecule has 160 valence electrons. The predicted molar refractivity (Wildman–Crippen MR) is 152 cm³/mol. The standard InChI is InChI=1S/6C3H9Ge.2Sb/c6*1-4(2)3;;/h6*1-3H3;;. The van der Waals surface area contributed by atoms with E-state index in [2.05, 4.69) is 104 Å². The van der Waals surface area contributed by atoms with Crippen LogP contribution < -0.4 is 0 Å². The molecule has 0 heterocycles. The summed E-state index contributed by atoms with van der Waals surface area (Å²) in [5, 5.41) is 0. The fourth-order valence-corrected chi connectivity index (χ4v) is 0. The van der Waals surface area contributed by atoms with Crippen molar-refractivity contribution in [2.45, 2.75) is 104 Å². The zero-order valence-corrected chi connectivity index (χ0v) is 39.6. The molecule has 0 nitrogen and oxygen atoms in total. The molecule has 0 fully saturated rings. The molecule has 0 saturated carbocycles. The van der Waals surface area contributed by atoms with Crippen molar-refractivity contribution in [1.82, 2.24) is 0 Å². The third kappa shape index (κ3) is 939. The largest absolute Gasteiger partial charge is 0 e. The van der Waals surface area contributed by atoms with Crippen LogP contribution in [-0.2, 0) is 0 Å². The van der Waals surface area contributed by atoms with Gasteiger partial charge in [0, 0.05) is 48.9 Å². The van der Waals surface area contributed by atoms with Crippen molar-refractivity contribution < 1.29 is 0 Å². The summed E-state index contributed by atoms with van der Waals surface area (Å²) in [6, 6.07) is 0. The average Bonchev–Trinajstić information content (AvgIpc) is 2.08. The summed E-state index contributed by atoms with van der Waals surface area (Å²) in [7, 11) is 0.